The Hall–Kier alpha value is -2.40. The zero-order valence-corrected chi connectivity index (χ0v) is 17.0. The van der Waals surface area contributed by atoms with Crippen LogP contribution in [0.2, 0.25) is 5.02 Å². The summed E-state index contributed by atoms with van der Waals surface area (Å²) in [6.07, 6.45) is 0. The normalized spacial score (nSPS) is 14.0. The lowest BCUT2D eigenvalue weighted by Gasteiger charge is -2.23. The van der Waals surface area contributed by atoms with Crippen molar-refractivity contribution in [2.24, 2.45) is 0 Å². The lowest BCUT2D eigenvalue weighted by Crippen LogP contribution is -2.15. The van der Waals surface area contributed by atoms with Gasteiger partial charge in [0.2, 0.25) is 0 Å². The second kappa shape index (κ2) is 6.89. The van der Waals surface area contributed by atoms with Gasteiger partial charge in [-0.25, -0.2) is 13.4 Å². The Kier molecular flexibility index (Phi) is 4.66. The number of sulfone groups is 1. The van der Waals surface area contributed by atoms with Crippen LogP contribution in [0.15, 0.2) is 77.7 Å². The molecule has 0 radical (unpaired) electrons. The first-order valence-electron chi connectivity index (χ1n) is 8.54. The summed E-state index contributed by atoms with van der Waals surface area (Å²) in [6.45, 7) is 0. The van der Waals surface area contributed by atoms with Gasteiger partial charge in [-0.2, -0.15) is 0 Å². The molecule has 5 rings (SSSR count). The van der Waals surface area contributed by atoms with Crippen LogP contribution in [-0.4, -0.2) is 13.4 Å². The minimum absolute atomic E-state index is 0. The zero-order chi connectivity index (χ0) is 18.6. The van der Waals surface area contributed by atoms with Gasteiger partial charge in [-0.3, -0.25) is 0 Å². The molecule has 1 aromatic heterocycles. The van der Waals surface area contributed by atoms with E-state index in [1.807, 2.05) is 54.6 Å². The van der Waals surface area contributed by atoms with Gasteiger partial charge in [0.05, 0.1) is 21.9 Å². The van der Waals surface area contributed by atoms with E-state index >= 15 is 0 Å². The van der Waals surface area contributed by atoms with Crippen molar-refractivity contribution >= 4 is 44.7 Å². The lowest BCUT2D eigenvalue weighted by atomic mass is 9.92. The summed E-state index contributed by atoms with van der Waals surface area (Å²) >= 11 is 6.19. The van der Waals surface area contributed by atoms with E-state index in [1.54, 1.807) is 18.2 Å². The number of benzene rings is 3. The van der Waals surface area contributed by atoms with Crippen molar-refractivity contribution in [3.8, 4) is 22.4 Å². The summed E-state index contributed by atoms with van der Waals surface area (Å²) in [4.78, 5) is 5.12. The summed E-state index contributed by atoms with van der Waals surface area (Å²) in [5, 5.41) is 1.44. The first-order chi connectivity index (χ1) is 13.0. The first-order valence-corrected chi connectivity index (χ1v) is 10.6. The fourth-order valence-corrected chi connectivity index (χ4v) is 5.53. The molecule has 1 aliphatic heterocycles. The van der Waals surface area contributed by atoms with Gasteiger partial charge in [0.15, 0.2) is 9.84 Å². The van der Waals surface area contributed by atoms with Gasteiger partial charge >= 0.3 is 0 Å². The molecule has 140 valence electrons. The Morgan fingerprint density at radius 1 is 0.893 bits per heavy atom. The van der Waals surface area contributed by atoms with E-state index in [2.05, 4.69) is 0 Å². The summed E-state index contributed by atoms with van der Waals surface area (Å²) in [5.41, 5.74) is 4.74. The van der Waals surface area contributed by atoms with Gasteiger partial charge in [-0.1, -0.05) is 60.1 Å². The highest BCUT2D eigenvalue weighted by Crippen LogP contribution is 2.44. The van der Waals surface area contributed by atoms with Crippen LogP contribution in [0, 0.1) is 0 Å². The third-order valence-electron chi connectivity index (χ3n) is 4.92. The fourth-order valence-electron chi connectivity index (χ4n) is 3.78. The van der Waals surface area contributed by atoms with E-state index in [4.69, 9.17) is 16.6 Å². The van der Waals surface area contributed by atoms with Crippen molar-refractivity contribution in [2.75, 3.05) is 0 Å². The highest BCUT2D eigenvalue weighted by molar-refractivity contribution is 7.91. The average Bonchev–Trinajstić information content (AvgIpc) is 2.67. The van der Waals surface area contributed by atoms with Crippen LogP contribution in [0.3, 0.4) is 0 Å². The van der Waals surface area contributed by atoms with E-state index in [9.17, 15) is 8.42 Å². The van der Waals surface area contributed by atoms with Crippen molar-refractivity contribution < 1.29 is 8.42 Å². The van der Waals surface area contributed by atoms with E-state index in [0.717, 1.165) is 27.6 Å². The molecule has 0 spiro atoms. The van der Waals surface area contributed by atoms with Gasteiger partial charge in [-0.05, 0) is 35.4 Å². The van der Waals surface area contributed by atoms with E-state index in [1.165, 1.54) is 0 Å². The summed E-state index contributed by atoms with van der Waals surface area (Å²) in [7, 11) is -3.47. The van der Waals surface area contributed by atoms with Crippen LogP contribution in [0.4, 0.5) is 0 Å². The molecule has 0 bridgehead atoms. The van der Waals surface area contributed by atoms with Crippen molar-refractivity contribution in [1.82, 2.24) is 4.98 Å². The average molecular weight is 428 g/mol. The maximum absolute atomic E-state index is 13.0. The summed E-state index contributed by atoms with van der Waals surface area (Å²) in [6, 6.07) is 22.6. The second-order valence-electron chi connectivity index (χ2n) is 6.60. The molecule has 6 heteroatoms. The predicted octanol–water partition coefficient (Wildman–Crippen LogP) is 5.93. The summed E-state index contributed by atoms with van der Waals surface area (Å²) in [5.74, 6) is -0.0704. The molecule has 1 aliphatic rings. The van der Waals surface area contributed by atoms with Gasteiger partial charge in [0, 0.05) is 21.5 Å². The van der Waals surface area contributed by atoms with E-state index in [0.29, 0.717) is 21.2 Å². The molecule has 0 aliphatic carbocycles. The number of fused-ring (bicyclic) bond motifs is 4. The van der Waals surface area contributed by atoms with Crippen LogP contribution in [0.25, 0.3) is 33.3 Å². The highest BCUT2D eigenvalue weighted by atomic mass is 35.5. The maximum atomic E-state index is 13.0. The number of hydrogen-bond donors (Lipinski definition) is 0. The fraction of sp³-hybridized carbons (Fsp3) is 0.0455. The minimum Gasteiger partial charge on any atom is -0.247 e. The van der Waals surface area contributed by atoms with E-state index < -0.39 is 9.84 Å². The monoisotopic (exact) mass is 427 g/mol. The van der Waals surface area contributed by atoms with Gasteiger partial charge in [-0.15, -0.1) is 12.4 Å². The molecular formula is C22H15Cl2NO2S. The highest BCUT2D eigenvalue weighted by Gasteiger charge is 2.32. The Labute approximate surface area is 174 Å². The Morgan fingerprint density at radius 3 is 2.39 bits per heavy atom. The smallest absolute Gasteiger partial charge is 0.183 e. The number of aromatic nitrogens is 1. The molecule has 0 N–H and O–H groups in total. The number of nitrogens with zero attached hydrogens (tertiary/aromatic N) is 1. The minimum atomic E-state index is -3.47. The number of para-hydroxylation sites is 1. The van der Waals surface area contributed by atoms with Crippen molar-refractivity contribution in [3.63, 3.8) is 0 Å². The van der Waals surface area contributed by atoms with Crippen LogP contribution in [0.5, 0.6) is 0 Å². The van der Waals surface area contributed by atoms with Crippen LogP contribution < -0.4 is 0 Å². The quantitative estimate of drug-likeness (QED) is 0.378. The van der Waals surface area contributed by atoms with Crippen molar-refractivity contribution in [2.45, 2.75) is 10.6 Å². The summed E-state index contributed by atoms with van der Waals surface area (Å²) < 4.78 is 26.0. The SMILES string of the molecule is Cl.O=S1(=O)Cc2c(nc3ccccc3c2-c2ccccc2)-c2cc(Cl)ccc21. The molecule has 0 amide bonds. The number of halogens is 2. The van der Waals surface area contributed by atoms with E-state index in [-0.39, 0.29) is 18.2 Å². The first kappa shape index (κ1) is 18.9. The largest absolute Gasteiger partial charge is 0.247 e. The van der Waals surface area contributed by atoms with Crippen molar-refractivity contribution in [3.05, 3.63) is 83.4 Å². The maximum Gasteiger partial charge on any atom is 0.183 e. The molecule has 0 atom stereocenters. The number of hydrogen-bond acceptors (Lipinski definition) is 3. The van der Waals surface area contributed by atoms with Gasteiger partial charge < -0.3 is 0 Å². The molecule has 4 aromatic rings. The number of pyridine rings is 1. The molecule has 0 saturated heterocycles. The third-order valence-corrected chi connectivity index (χ3v) is 6.85. The third kappa shape index (κ3) is 2.89. The Bertz CT molecular complexity index is 1320. The molecule has 28 heavy (non-hydrogen) atoms. The molecule has 3 aromatic carbocycles. The topological polar surface area (TPSA) is 47.0 Å². The standard InChI is InChI=1S/C22H14ClNO2S.ClH/c23-15-10-11-20-17(12-15)22-18(13-27(20,25)26)21(14-6-2-1-3-7-14)16-8-4-5-9-19(16)24-22;/h1-12H,13H2;1H. The van der Waals surface area contributed by atoms with Crippen LogP contribution in [0.1, 0.15) is 5.56 Å². The lowest BCUT2D eigenvalue weighted by molar-refractivity contribution is 0.594. The molecule has 2 heterocycles. The molecule has 0 saturated carbocycles. The Balaban J connectivity index is 0.00000192. The molecule has 0 fully saturated rings. The van der Waals surface area contributed by atoms with Crippen molar-refractivity contribution in [1.29, 1.82) is 0 Å². The van der Waals surface area contributed by atoms with Crippen LogP contribution in [-0.2, 0) is 15.6 Å². The zero-order valence-electron chi connectivity index (χ0n) is 14.6. The van der Waals surface area contributed by atoms with Crippen LogP contribution >= 0.6 is 24.0 Å². The second-order valence-corrected chi connectivity index (χ2v) is 8.99. The predicted molar refractivity (Wildman–Crippen MR) is 116 cm³/mol. The molecule has 3 nitrogen and oxygen atoms in total. The van der Waals surface area contributed by atoms with Gasteiger partial charge in [0.25, 0.3) is 0 Å². The molecule has 0 unspecified atom stereocenters. The number of rotatable bonds is 1. The van der Waals surface area contributed by atoms with Gasteiger partial charge in [0.1, 0.15) is 0 Å². The molecular weight excluding hydrogens is 413 g/mol. The Morgan fingerprint density at radius 2 is 1.61 bits per heavy atom.